The molecule has 0 bridgehead atoms. The number of fused-ring (bicyclic) bond motifs is 1. The molecule has 3 aromatic rings. The molecule has 2 atom stereocenters. The van der Waals surface area contributed by atoms with Gasteiger partial charge < -0.3 is 9.64 Å². The average molecular weight is 441 g/mol. The third-order valence-corrected chi connectivity index (χ3v) is 6.46. The van der Waals surface area contributed by atoms with Gasteiger partial charge >= 0.3 is 0 Å². The van der Waals surface area contributed by atoms with Crippen LogP contribution in [0.4, 0.5) is 5.95 Å². The lowest BCUT2D eigenvalue weighted by atomic mass is 9.95. The van der Waals surface area contributed by atoms with E-state index in [0.29, 0.717) is 53.9 Å². The van der Waals surface area contributed by atoms with E-state index in [0.717, 1.165) is 22.5 Å². The van der Waals surface area contributed by atoms with Crippen molar-refractivity contribution < 1.29 is 4.74 Å². The second kappa shape index (κ2) is 7.48. The Bertz CT molecular complexity index is 1390. The van der Waals surface area contributed by atoms with Crippen molar-refractivity contribution in [3.63, 3.8) is 0 Å². The summed E-state index contributed by atoms with van der Waals surface area (Å²) in [6.45, 7) is 7.23. The van der Waals surface area contributed by atoms with Crippen LogP contribution in [0.15, 0.2) is 23.7 Å². The Morgan fingerprint density at radius 3 is 2.67 bits per heavy atom. The van der Waals surface area contributed by atoms with Crippen LogP contribution in [0, 0.1) is 25.2 Å². The Kier molecular flexibility index (Phi) is 4.54. The van der Waals surface area contributed by atoms with Crippen molar-refractivity contribution in [1.82, 2.24) is 29.7 Å². The molecule has 3 aromatic heterocycles. The third kappa shape index (κ3) is 3.58. The smallest absolute Gasteiger partial charge is 0.228 e. The molecule has 0 N–H and O–H groups in total. The molecular weight excluding hydrogens is 416 g/mol. The number of nitriles is 1. The minimum Gasteiger partial charge on any atom is -0.367 e. The number of anilines is 1. The quantitative estimate of drug-likeness (QED) is 0.569. The fraction of sp³-hybridized carbons (Fsp3) is 0.458. The Balaban J connectivity index is 1.40. The van der Waals surface area contributed by atoms with Gasteiger partial charge in [0.25, 0.3) is 0 Å². The molecule has 0 radical (unpaired) electrons. The van der Waals surface area contributed by atoms with E-state index in [4.69, 9.17) is 29.9 Å². The number of morpholine rings is 1. The number of ether oxygens (including phenoxy) is 1. The van der Waals surface area contributed by atoms with Gasteiger partial charge in [-0.3, -0.25) is 4.68 Å². The highest BCUT2D eigenvalue weighted by Gasteiger charge is 2.32. The number of hydrogen-bond donors (Lipinski definition) is 0. The van der Waals surface area contributed by atoms with Gasteiger partial charge in [0, 0.05) is 30.3 Å². The maximum absolute atomic E-state index is 9.16. The van der Waals surface area contributed by atoms with Crippen LogP contribution < -0.4 is 4.90 Å². The first-order valence-corrected chi connectivity index (χ1v) is 11.3. The van der Waals surface area contributed by atoms with E-state index >= 15 is 0 Å². The van der Waals surface area contributed by atoms with E-state index in [1.54, 1.807) is 0 Å². The van der Waals surface area contributed by atoms with Crippen molar-refractivity contribution in [2.24, 2.45) is 0 Å². The predicted octanol–water partition coefficient (Wildman–Crippen LogP) is 3.37. The third-order valence-electron chi connectivity index (χ3n) is 6.46. The highest BCUT2D eigenvalue weighted by Crippen LogP contribution is 2.36. The Hall–Kier alpha value is -3.60. The lowest BCUT2D eigenvalue weighted by Gasteiger charge is -2.36. The van der Waals surface area contributed by atoms with Crippen LogP contribution in [0.3, 0.4) is 0 Å². The molecule has 2 fully saturated rings. The SMILES string of the molecule is Cc1nc2nc(N3CC(C)OC(c4cnn(C5CC5)c4)C3)nc(C3=C=C(C#N)C3)c2nc1C. The summed E-state index contributed by atoms with van der Waals surface area (Å²) in [5.41, 5.74) is 9.33. The van der Waals surface area contributed by atoms with Crippen molar-refractivity contribution in [1.29, 1.82) is 5.26 Å². The Morgan fingerprint density at radius 2 is 1.91 bits per heavy atom. The first-order chi connectivity index (χ1) is 16.0. The van der Waals surface area contributed by atoms with Gasteiger partial charge in [-0.1, -0.05) is 5.73 Å². The molecule has 4 heterocycles. The molecule has 3 aliphatic rings. The second-order valence-electron chi connectivity index (χ2n) is 9.13. The number of allylic oxidation sites excluding steroid dienone is 1. The molecule has 166 valence electrons. The molecule has 1 aliphatic heterocycles. The van der Waals surface area contributed by atoms with Gasteiger partial charge in [-0.25, -0.2) is 15.0 Å². The maximum Gasteiger partial charge on any atom is 0.228 e. The highest BCUT2D eigenvalue weighted by atomic mass is 16.5. The van der Waals surface area contributed by atoms with Crippen LogP contribution in [0.1, 0.15) is 61.0 Å². The van der Waals surface area contributed by atoms with Gasteiger partial charge in [0.1, 0.15) is 23.4 Å². The molecule has 6 rings (SSSR count). The molecule has 0 aromatic carbocycles. The van der Waals surface area contributed by atoms with Gasteiger partial charge in [-0.05, 0) is 33.6 Å². The Labute approximate surface area is 191 Å². The number of rotatable bonds is 4. The average Bonchev–Trinajstić information content (AvgIpc) is 3.50. The summed E-state index contributed by atoms with van der Waals surface area (Å²) in [7, 11) is 0. The van der Waals surface area contributed by atoms with Gasteiger partial charge in [-0.2, -0.15) is 15.3 Å². The van der Waals surface area contributed by atoms with Crippen LogP contribution in [-0.2, 0) is 4.74 Å². The number of aromatic nitrogens is 6. The van der Waals surface area contributed by atoms with Gasteiger partial charge in [0.2, 0.25) is 5.95 Å². The standard InChI is InChI=1S/C24H24N8O/c1-13-10-31(12-20(33-13)18-9-26-32(11-18)19-4-5-19)24-29-21(17-6-16(7-17)8-25)22-23(30-24)28-15(3)14(2)27-22/h9,11,13,19-20H,4-6,10,12H2,1-3H3. The van der Waals surface area contributed by atoms with Crippen molar-refractivity contribution in [3.8, 4) is 6.07 Å². The largest absolute Gasteiger partial charge is 0.367 e. The van der Waals surface area contributed by atoms with E-state index in [1.807, 2.05) is 20.0 Å². The monoisotopic (exact) mass is 440 g/mol. The van der Waals surface area contributed by atoms with Crippen LogP contribution in [0.5, 0.6) is 0 Å². The molecule has 1 saturated carbocycles. The fourth-order valence-corrected chi connectivity index (χ4v) is 4.36. The van der Waals surface area contributed by atoms with Crippen molar-refractivity contribution in [2.45, 2.75) is 58.3 Å². The highest BCUT2D eigenvalue weighted by molar-refractivity contribution is 5.88. The molecule has 0 spiro atoms. The lowest BCUT2D eigenvalue weighted by molar-refractivity contribution is -0.0178. The van der Waals surface area contributed by atoms with Gasteiger partial charge in [0.05, 0.1) is 41.8 Å². The second-order valence-corrected chi connectivity index (χ2v) is 9.13. The molecule has 2 aliphatic carbocycles. The van der Waals surface area contributed by atoms with Crippen molar-refractivity contribution >= 4 is 22.7 Å². The molecule has 9 nitrogen and oxygen atoms in total. The van der Waals surface area contributed by atoms with Crippen LogP contribution >= 0.6 is 0 Å². The zero-order chi connectivity index (χ0) is 22.7. The minimum absolute atomic E-state index is 0.00890. The fourth-order valence-electron chi connectivity index (χ4n) is 4.36. The van der Waals surface area contributed by atoms with E-state index in [-0.39, 0.29) is 12.2 Å². The summed E-state index contributed by atoms with van der Waals surface area (Å²) in [5.74, 6) is 0.601. The van der Waals surface area contributed by atoms with E-state index in [2.05, 4.69) is 39.6 Å². The minimum atomic E-state index is -0.108. The normalized spacial score (nSPS) is 22.5. The van der Waals surface area contributed by atoms with Gasteiger partial charge in [-0.15, -0.1) is 0 Å². The first-order valence-electron chi connectivity index (χ1n) is 11.3. The van der Waals surface area contributed by atoms with Crippen molar-refractivity contribution in [3.05, 3.63) is 46.3 Å². The van der Waals surface area contributed by atoms with Crippen LogP contribution in [-0.4, -0.2) is 48.9 Å². The van der Waals surface area contributed by atoms with E-state index in [1.165, 1.54) is 12.8 Å². The van der Waals surface area contributed by atoms with E-state index < -0.39 is 0 Å². The molecule has 0 amide bonds. The summed E-state index contributed by atoms with van der Waals surface area (Å²) >= 11 is 0. The molecular formula is C24H24N8O. The summed E-state index contributed by atoms with van der Waals surface area (Å²) in [5, 5.41) is 13.7. The van der Waals surface area contributed by atoms with Crippen LogP contribution in [0.25, 0.3) is 16.7 Å². The molecule has 33 heavy (non-hydrogen) atoms. The molecule has 1 saturated heterocycles. The zero-order valence-corrected chi connectivity index (χ0v) is 18.9. The lowest BCUT2D eigenvalue weighted by Crippen LogP contribution is -2.43. The summed E-state index contributed by atoms with van der Waals surface area (Å²) < 4.78 is 8.31. The van der Waals surface area contributed by atoms with Gasteiger partial charge in [0.15, 0.2) is 5.65 Å². The zero-order valence-electron chi connectivity index (χ0n) is 18.9. The summed E-state index contributed by atoms with van der Waals surface area (Å²) in [4.78, 5) is 21.3. The van der Waals surface area contributed by atoms with Crippen molar-refractivity contribution in [2.75, 3.05) is 18.0 Å². The molecule has 2 unspecified atom stereocenters. The molecule has 9 heteroatoms. The number of aryl methyl sites for hydroxylation is 2. The first kappa shape index (κ1) is 20.0. The Morgan fingerprint density at radius 1 is 1.12 bits per heavy atom. The van der Waals surface area contributed by atoms with Crippen LogP contribution in [0.2, 0.25) is 0 Å². The topological polar surface area (TPSA) is 106 Å². The summed E-state index contributed by atoms with van der Waals surface area (Å²) in [6.07, 6.45) is 6.85. The predicted molar refractivity (Wildman–Crippen MR) is 121 cm³/mol. The van der Waals surface area contributed by atoms with E-state index in [9.17, 15) is 0 Å². The number of nitrogens with zero attached hydrogens (tertiary/aromatic N) is 8. The number of hydrogen-bond acceptors (Lipinski definition) is 8. The maximum atomic E-state index is 9.16. The summed E-state index contributed by atoms with van der Waals surface area (Å²) in [6, 6.07) is 2.70.